The summed E-state index contributed by atoms with van der Waals surface area (Å²) in [6, 6.07) is 7.07. The Morgan fingerprint density at radius 2 is 2.16 bits per heavy atom. The largest absolute Gasteiger partial charge is 0.313 e. The maximum Gasteiger partial charge on any atom is 0.129 e. The van der Waals surface area contributed by atoms with Crippen LogP contribution < -0.4 is 5.32 Å². The Morgan fingerprint density at radius 3 is 2.74 bits per heavy atom. The Labute approximate surface area is 115 Å². The van der Waals surface area contributed by atoms with Crippen molar-refractivity contribution in [1.82, 2.24) is 10.2 Å². The molecule has 1 N–H and O–H groups in total. The highest BCUT2D eigenvalue weighted by Gasteiger charge is 2.04. The Hall–Kier alpha value is -1.44. The van der Waals surface area contributed by atoms with Crippen LogP contribution in [0.5, 0.6) is 0 Å². The molecular weight excluding hydrogens is 241 g/mol. The molecule has 0 saturated heterocycles. The molecule has 0 amide bonds. The monoisotopic (exact) mass is 263 g/mol. The Bertz CT molecular complexity index is 438. The molecule has 0 aliphatic rings. The summed E-state index contributed by atoms with van der Waals surface area (Å²) < 4.78 is 13.6. The highest BCUT2D eigenvalue weighted by Crippen LogP contribution is 2.09. The van der Waals surface area contributed by atoms with Crippen LogP contribution in [0.1, 0.15) is 31.4 Å². The third-order valence-corrected chi connectivity index (χ3v) is 3.24. The second-order valence-electron chi connectivity index (χ2n) is 5.02. The van der Waals surface area contributed by atoms with Crippen molar-refractivity contribution in [1.29, 1.82) is 5.26 Å². The summed E-state index contributed by atoms with van der Waals surface area (Å²) in [6.07, 6.45) is 1.03. The lowest BCUT2D eigenvalue weighted by molar-refractivity contribution is 0.269. The molecule has 0 aliphatic carbocycles. The first-order valence-corrected chi connectivity index (χ1v) is 6.64. The maximum absolute atomic E-state index is 13.6. The Balaban J connectivity index is 2.28. The molecule has 1 aromatic carbocycles. The van der Waals surface area contributed by atoms with E-state index in [2.05, 4.69) is 31.1 Å². The van der Waals surface area contributed by atoms with Crippen LogP contribution in [0.15, 0.2) is 18.2 Å². The number of halogens is 1. The molecule has 0 atom stereocenters. The highest BCUT2D eigenvalue weighted by molar-refractivity contribution is 5.32. The number of nitrogens with zero attached hydrogens (tertiary/aromatic N) is 2. The molecule has 0 heterocycles. The van der Waals surface area contributed by atoms with Crippen molar-refractivity contribution in [2.45, 2.75) is 32.9 Å². The summed E-state index contributed by atoms with van der Waals surface area (Å²) in [5.41, 5.74) is 0.969. The van der Waals surface area contributed by atoms with Crippen molar-refractivity contribution in [2.75, 3.05) is 20.1 Å². The summed E-state index contributed by atoms with van der Waals surface area (Å²) in [7, 11) is 2.10. The van der Waals surface area contributed by atoms with Crippen molar-refractivity contribution in [2.24, 2.45) is 0 Å². The van der Waals surface area contributed by atoms with Gasteiger partial charge in [-0.3, -0.25) is 0 Å². The van der Waals surface area contributed by atoms with Crippen LogP contribution in [0.4, 0.5) is 4.39 Å². The average molecular weight is 263 g/mol. The second kappa shape index (κ2) is 7.88. The number of nitriles is 1. The smallest absolute Gasteiger partial charge is 0.129 e. The van der Waals surface area contributed by atoms with Crippen molar-refractivity contribution in [3.63, 3.8) is 0 Å². The Morgan fingerprint density at radius 1 is 1.42 bits per heavy atom. The minimum absolute atomic E-state index is 0.314. The molecule has 0 aliphatic heterocycles. The van der Waals surface area contributed by atoms with Crippen molar-refractivity contribution >= 4 is 0 Å². The third kappa shape index (κ3) is 5.37. The fourth-order valence-electron chi connectivity index (χ4n) is 1.69. The van der Waals surface area contributed by atoms with E-state index in [0.717, 1.165) is 19.5 Å². The zero-order valence-electron chi connectivity index (χ0n) is 11.9. The standard InChI is InChI=1S/C15H22FN3/c1-12(2)19(3)8-4-7-18-11-14-6-5-13(10-17)9-15(14)16/h5-6,9,12,18H,4,7-8,11H2,1-3H3. The van der Waals surface area contributed by atoms with Crippen LogP contribution >= 0.6 is 0 Å². The van der Waals surface area contributed by atoms with Gasteiger partial charge in [-0.05, 0) is 52.5 Å². The fraction of sp³-hybridized carbons (Fsp3) is 0.533. The van der Waals surface area contributed by atoms with E-state index in [9.17, 15) is 4.39 Å². The molecule has 4 heteroatoms. The van der Waals surface area contributed by atoms with Crippen LogP contribution in [0.2, 0.25) is 0 Å². The zero-order valence-corrected chi connectivity index (χ0v) is 11.9. The summed E-state index contributed by atoms with van der Waals surface area (Å²) in [4.78, 5) is 2.28. The van der Waals surface area contributed by atoms with Gasteiger partial charge in [0.2, 0.25) is 0 Å². The fourth-order valence-corrected chi connectivity index (χ4v) is 1.69. The average Bonchev–Trinajstić information content (AvgIpc) is 2.39. The number of benzene rings is 1. The van der Waals surface area contributed by atoms with E-state index in [0.29, 0.717) is 23.7 Å². The lowest BCUT2D eigenvalue weighted by Crippen LogP contribution is -2.29. The first kappa shape index (κ1) is 15.6. The molecule has 3 nitrogen and oxygen atoms in total. The van der Waals surface area contributed by atoms with Gasteiger partial charge in [0.1, 0.15) is 5.82 Å². The predicted octanol–water partition coefficient (Wildman–Crippen LogP) is 2.52. The van der Waals surface area contributed by atoms with Crippen molar-refractivity contribution < 1.29 is 4.39 Å². The van der Waals surface area contributed by atoms with Crippen LogP contribution in [-0.2, 0) is 6.54 Å². The van der Waals surface area contributed by atoms with Gasteiger partial charge in [-0.2, -0.15) is 5.26 Å². The lowest BCUT2D eigenvalue weighted by atomic mass is 10.1. The summed E-state index contributed by atoms with van der Waals surface area (Å²) in [5.74, 6) is -0.314. The molecule has 104 valence electrons. The highest BCUT2D eigenvalue weighted by atomic mass is 19.1. The molecule has 0 spiro atoms. The van der Waals surface area contributed by atoms with Crippen LogP contribution in [-0.4, -0.2) is 31.1 Å². The minimum Gasteiger partial charge on any atom is -0.313 e. The van der Waals surface area contributed by atoms with E-state index in [1.165, 1.54) is 6.07 Å². The molecule has 0 fully saturated rings. The molecule has 0 radical (unpaired) electrons. The first-order chi connectivity index (χ1) is 9.04. The van der Waals surface area contributed by atoms with Gasteiger partial charge in [0.05, 0.1) is 11.6 Å². The van der Waals surface area contributed by atoms with Gasteiger partial charge in [0, 0.05) is 18.2 Å². The molecular formula is C15H22FN3. The summed E-state index contributed by atoms with van der Waals surface area (Å²) >= 11 is 0. The molecule has 0 unspecified atom stereocenters. The van der Waals surface area contributed by atoms with Gasteiger partial charge in [0.25, 0.3) is 0 Å². The molecule has 1 aromatic rings. The number of nitrogens with one attached hydrogen (secondary N) is 1. The minimum atomic E-state index is -0.314. The van der Waals surface area contributed by atoms with Gasteiger partial charge in [-0.15, -0.1) is 0 Å². The topological polar surface area (TPSA) is 39.1 Å². The molecule has 0 bridgehead atoms. The van der Waals surface area contributed by atoms with Gasteiger partial charge < -0.3 is 10.2 Å². The molecule has 0 aromatic heterocycles. The SMILES string of the molecule is CC(C)N(C)CCCNCc1ccc(C#N)cc1F. The quantitative estimate of drug-likeness (QED) is 0.768. The summed E-state index contributed by atoms with van der Waals surface area (Å²) in [5, 5.41) is 11.9. The summed E-state index contributed by atoms with van der Waals surface area (Å²) in [6.45, 7) is 6.72. The predicted molar refractivity (Wildman–Crippen MR) is 75.2 cm³/mol. The van der Waals surface area contributed by atoms with Crippen LogP contribution in [0, 0.1) is 17.1 Å². The maximum atomic E-state index is 13.6. The van der Waals surface area contributed by atoms with Crippen molar-refractivity contribution in [3.8, 4) is 6.07 Å². The van der Waals surface area contributed by atoms with E-state index in [4.69, 9.17) is 5.26 Å². The van der Waals surface area contributed by atoms with E-state index in [-0.39, 0.29) is 5.82 Å². The van der Waals surface area contributed by atoms with E-state index in [1.54, 1.807) is 12.1 Å². The van der Waals surface area contributed by atoms with E-state index >= 15 is 0 Å². The number of hydrogen-bond donors (Lipinski definition) is 1. The van der Waals surface area contributed by atoms with E-state index < -0.39 is 0 Å². The van der Waals surface area contributed by atoms with E-state index in [1.807, 2.05) is 6.07 Å². The van der Waals surface area contributed by atoms with Gasteiger partial charge in [0.15, 0.2) is 0 Å². The normalized spacial score (nSPS) is 11.0. The van der Waals surface area contributed by atoms with Gasteiger partial charge in [-0.25, -0.2) is 4.39 Å². The lowest BCUT2D eigenvalue weighted by Gasteiger charge is -2.20. The second-order valence-corrected chi connectivity index (χ2v) is 5.02. The molecule has 1 rings (SSSR count). The first-order valence-electron chi connectivity index (χ1n) is 6.64. The van der Waals surface area contributed by atoms with Crippen LogP contribution in [0.3, 0.4) is 0 Å². The Kier molecular flexibility index (Phi) is 6.48. The zero-order chi connectivity index (χ0) is 14.3. The van der Waals surface area contributed by atoms with Gasteiger partial charge >= 0.3 is 0 Å². The number of hydrogen-bond acceptors (Lipinski definition) is 3. The van der Waals surface area contributed by atoms with Crippen molar-refractivity contribution in [3.05, 3.63) is 35.1 Å². The molecule has 19 heavy (non-hydrogen) atoms. The van der Waals surface area contributed by atoms with Gasteiger partial charge in [-0.1, -0.05) is 6.07 Å². The number of rotatable bonds is 7. The van der Waals surface area contributed by atoms with Crippen LogP contribution in [0.25, 0.3) is 0 Å². The molecule has 0 saturated carbocycles. The third-order valence-electron chi connectivity index (χ3n) is 3.24.